The van der Waals surface area contributed by atoms with Gasteiger partial charge in [0.1, 0.15) is 18.3 Å². The van der Waals surface area contributed by atoms with Crippen molar-refractivity contribution in [2.75, 3.05) is 7.11 Å². The molecule has 2 saturated heterocycles. The maximum Gasteiger partial charge on any atom is 0.339 e. The molecule has 6 nitrogen and oxygen atoms in total. The predicted octanol–water partition coefficient (Wildman–Crippen LogP) is 1.06. The number of esters is 1. The number of hydrogen-bond acceptors (Lipinski definition) is 6. The molecule has 2 aliphatic heterocycles. The summed E-state index contributed by atoms with van der Waals surface area (Å²) in [6, 6.07) is 6.83. The molecule has 3 rings (SSSR count). The molecule has 0 amide bonds. The second-order valence-corrected chi connectivity index (χ2v) is 5.82. The van der Waals surface area contributed by atoms with Crippen molar-refractivity contribution in [1.29, 1.82) is 0 Å². The van der Waals surface area contributed by atoms with Crippen LogP contribution in [0.2, 0.25) is 0 Å². The van der Waals surface area contributed by atoms with Gasteiger partial charge in [0.2, 0.25) is 0 Å². The van der Waals surface area contributed by atoms with Gasteiger partial charge in [-0.15, -0.1) is 0 Å². The molecule has 2 heterocycles. The van der Waals surface area contributed by atoms with Crippen LogP contribution in [-0.4, -0.2) is 48.6 Å². The van der Waals surface area contributed by atoms with Gasteiger partial charge in [-0.2, -0.15) is 0 Å². The van der Waals surface area contributed by atoms with E-state index in [1.54, 1.807) is 38.1 Å². The van der Waals surface area contributed by atoms with Gasteiger partial charge < -0.3 is 24.1 Å². The molecule has 0 radical (unpaired) electrons. The van der Waals surface area contributed by atoms with Crippen LogP contribution in [0, 0.1) is 11.8 Å². The van der Waals surface area contributed by atoms with Gasteiger partial charge in [-0.05, 0) is 26.0 Å². The average molecular weight is 318 g/mol. The molecule has 2 aliphatic rings. The summed E-state index contributed by atoms with van der Waals surface area (Å²) in [6.45, 7) is 3.52. The maximum absolute atomic E-state index is 11.7. The number of ether oxygens (including phenoxy) is 4. The quantitative estimate of drug-likeness (QED) is 0.616. The summed E-state index contributed by atoms with van der Waals surface area (Å²) < 4.78 is 21.5. The topological polar surface area (TPSA) is 74.2 Å². The zero-order chi connectivity index (χ0) is 16.6. The Morgan fingerprint density at radius 3 is 2.74 bits per heavy atom. The predicted molar refractivity (Wildman–Crippen MR) is 79.4 cm³/mol. The summed E-state index contributed by atoms with van der Waals surface area (Å²) in [5, 5.41) is 10.3. The number of aliphatic hydroxyl groups excluding tert-OH is 1. The van der Waals surface area contributed by atoms with Crippen LogP contribution in [0.5, 0.6) is 0 Å². The van der Waals surface area contributed by atoms with E-state index in [2.05, 4.69) is 11.8 Å². The molecule has 0 aliphatic carbocycles. The smallest absolute Gasteiger partial charge is 0.339 e. The minimum absolute atomic E-state index is 0.365. The van der Waals surface area contributed by atoms with Gasteiger partial charge in [0, 0.05) is 5.56 Å². The first-order valence-corrected chi connectivity index (χ1v) is 7.29. The fraction of sp³-hybridized carbons (Fsp3) is 0.471. The van der Waals surface area contributed by atoms with Crippen LogP contribution in [-0.2, 0) is 18.9 Å². The molecular formula is C17H18O6. The van der Waals surface area contributed by atoms with E-state index in [1.165, 1.54) is 7.11 Å². The summed E-state index contributed by atoms with van der Waals surface area (Å²) in [5.41, 5.74) is 0.873. The van der Waals surface area contributed by atoms with Gasteiger partial charge in [0.05, 0.1) is 12.7 Å². The van der Waals surface area contributed by atoms with Gasteiger partial charge in [-0.25, -0.2) is 4.79 Å². The highest BCUT2D eigenvalue weighted by Gasteiger charge is 2.53. The molecule has 2 fully saturated rings. The normalized spacial score (nSPS) is 31.1. The number of benzene rings is 1. The van der Waals surface area contributed by atoms with Crippen molar-refractivity contribution in [3.8, 4) is 11.8 Å². The maximum atomic E-state index is 11.7. The molecule has 0 unspecified atom stereocenters. The van der Waals surface area contributed by atoms with Gasteiger partial charge >= 0.3 is 5.97 Å². The van der Waals surface area contributed by atoms with Crippen molar-refractivity contribution in [3.63, 3.8) is 0 Å². The summed E-state index contributed by atoms with van der Waals surface area (Å²) in [7, 11) is 1.31. The second kappa shape index (κ2) is 5.95. The Labute approximate surface area is 134 Å². The molecule has 23 heavy (non-hydrogen) atoms. The first-order valence-electron chi connectivity index (χ1n) is 7.29. The molecule has 1 N–H and O–H groups in total. The molecule has 0 bridgehead atoms. The van der Waals surface area contributed by atoms with E-state index in [9.17, 15) is 9.90 Å². The third-order valence-corrected chi connectivity index (χ3v) is 3.70. The van der Waals surface area contributed by atoms with Gasteiger partial charge in [-0.1, -0.05) is 24.0 Å². The van der Waals surface area contributed by atoms with Crippen LogP contribution in [0.4, 0.5) is 0 Å². The van der Waals surface area contributed by atoms with E-state index < -0.39 is 36.4 Å². The van der Waals surface area contributed by atoms with Crippen molar-refractivity contribution in [3.05, 3.63) is 35.4 Å². The molecule has 4 atom stereocenters. The fourth-order valence-electron chi connectivity index (χ4n) is 2.64. The van der Waals surface area contributed by atoms with Crippen molar-refractivity contribution in [1.82, 2.24) is 0 Å². The van der Waals surface area contributed by atoms with E-state index in [0.717, 1.165) is 0 Å². The Morgan fingerprint density at radius 1 is 1.30 bits per heavy atom. The van der Waals surface area contributed by atoms with Crippen LogP contribution < -0.4 is 0 Å². The van der Waals surface area contributed by atoms with Crippen molar-refractivity contribution in [2.24, 2.45) is 0 Å². The summed E-state index contributed by atoms with van der Waals surface area (Å²) in [4.78, 5) is 11.7. The lowest BCUT2D eigenvalue weighted by molar-refractivity contribution is -0.208. The highest BCUT2D eigenvalue weighted by Crippen LogP contribution is 2.37. The number of methoxy groups -OCH3 is 1. The Morgan fingerprint density at radius 2 is 2.04 bits per heavy atom. The molecule has 122 valence electrons. The molecule has 6 heteroatoms. The van der Waals surface area contributed by atoms with Crippen molar-refractivity contribution < 1.29 is 28.8 Å². The number of carbonyl (C=O) groups is 1. The van der Waals surface area contributed by atoms with Crippen molar-refractivity contribution in [2.45, 2.75) is 44.2 Å². The van der Waals surface area contributed by atoms with Crippen LogP contribution in [0.3, 0.4) is 0 Å². The molecule has 0 saturated carbocycles. The lowest BCUT2D eigenvalue weighted by atomic mass is 10.1. The van der Waals surface area contributed by atoms with Gasteiger partial charge in [-0.3, -0.25) is 0 Å². The Bertz CT molecular complexity index is 671. The number of aliphatic hydroxyl groups is 1. The van der Waals surface area contributed by atoms with Gasteiger partial charge in [0.15, 0.2) is 12.1 Å². The fourth-order valence-corrected chi connectivity index (χ4v) is 2.64. The molecule has 0 aromatic heterocycles. The first kappa shape index (κ1) is 16.0. The average Bonchev–Trinajstić information content (AvgIpc) is 2.98. The third-order valence-electron chi connectivity index (χ3n) is 3.70. The molecular weight excluding hydrogens is 300 g/mol. The Hall–Kier alpha value is -1.91. The van der Waals surface area contributed by atoms with Crippen LogP contribution in [0.15, 0.2) is 24.3 Å². The molecule has 1 aromatic carbocycles. The van der Waals surface area contributed by atoms with Crippen molar-refractivity contribution >= 4 is 5.97 Å². The van der Waals surface area contributed by atoms with Gasteiger partial charge in [0.25, 0.3) is 0 Å². The summed E-state index contributed by atoms with van der Waals surface area (Å²) >= 11 is 0. The van der Waals surface area contributed by atoms with E-state index in [0.29, 0.717) is 11.1 Å². The Balaban J connectivity index is 1.78. The Kier molecular flexibility index (Phi) is 4.13. The van der Waals surface area contributed by atoms with Crippen LogP contribution in [0.25, 0.3) is 0 Å². The van der Waals surface area contributed by atoms with E-state index in [-0.39, 0.29) is 0 Å². The minimum atomic E-state index is -0.917. The largest absolute Gasteiger partial charge is 0.465 e. The van der Waals surface area contributed by atoms with Crippen LogP contribution >= 0.6 is 0 Å². The second-order valence-electron chi connectivity index (χ2n) is 5.82. The zero-order valence-corrected chi connectivity index (χ0v) is 13.1. The van der Waals surface area contributed by atoms with E-state index >= 15 is 0 Å². The third kappa shape index (κ3) is 3.09. The highest BCUT2D eigenvalue weighted by atomic mass is 16.8. The summed E-state index contributed by atoms with van der Waals surface area (Å²) in [5.74, 6) is 4.45. The number of fused-ring (bicyclic) bond motifs is 1. The monoisotopic (exact) mass is 318 g/mol. The number of rotatable bonds is 1. The first-order chi connectivity index (χ1) is 10.9. The SMILES string of the molecule is COC(=O)c1ccccc1C#C[C@H]1O[C@@H]2OC(C)(C)O[C@@H]2[C@H]1O. The standard InChI is InChI=1S/C17H18O6/c1-17(2)22-14-13(18)12(21-16(14)23-17)9-8-10-6-4-5-7-11(10)15(19)20-3/h4-7,12-14,16,18H,1-3H3/t12-,13+,14-,16-/m1/s1. The van der Waals surface area contributed by atoms with E-state index in [4.69, 9.17) is 18.9 Å². The number of carbonyl (C=O) groups excluding carboxylic acids is 1. The molecule has 1 aromatic rings. The number of hydrogen-bond donors (Lipinski definition) is 1. The summed E-state index contributed by atoms with van der Waals surface area (Å²) in [6.07, 6.45) is -2.87. The van der Waals surface area contributed by atoms with E-state index in [1.807, 2.05) is 0 Å². The molecule has 0 spiro atoms. The zero-order valence-electron chi connectivity index (χ0n) is 13.1. The highest BCUT2D eigenvalue weighted by molar-refractivity contribution is 5.92. The van der Waals surface area contributed by atoms with Crippen LogP contribution in [0.1, 0.15) is 29.8 Å². The lowest BCUT2D eigenvalue weighted by Gasteiger charge is -2.20. The lowest BCUT2D eigenvalue weighted by Crippen LogP contribution is -2.33. The minimum Gasteiger partial charge on any atom is -0.465 e.